The number of rotatable bonds is 8. The van der Waals surface area contributed by atoms with Gasteiger partial charge in [0.25, 0.3) is 0 Å². The number of aliphatic hydroxyl groups excluding tert-OH is 1. The number of aromatic nitrogens is 2. The van der Waals surface area contributed by atoms with Gasteiger partial charge >= 0.3 is 0 Å². The summed E-state index contributed by atoms with van der Waals surface area (Å²) in [5, 5.41) is 13.3. The number of nitrogens with zero attached hydrogens (tertiary/aromatic N) is 2. The lowest BCUT2D eigenvalue weighted by Crippen LogP contribution is -2.53. The molecule has 1 atom stereocenters. The maximum atomic E-state index is 9.79. The number of nitrogens with one attached hydrogen (secondary N) is 1. The molecule has 0 saturated heterocycles. The standard InChI is InChI=1S/C12H21N3OS2/c1-3-6-13-12(7-16,10-4-5-10)8-17-11-14-9(2)15-18-11/h10,13,16H,3-8H2,1-2H3. The topological polar surface area (TPSA) is 58.0 Å². The molecule has 0 bridgehead atoms. The number of thioether (sulfide) groups is 1. The second kappa shape index (κ2) is 6.32. The van der Waals surface area contributed by atoms with E-state index in [0.717, 1.165) is 28.9 Å². The largest absolute Gasteiger partial charge is 0.394 e. The Morgan fingerprint density at radius 2 is 2.33 bits per heavy atom. The first-order chi connectivity index (χ1) is 8.70. The van der Waals surface area contributed by atoms with Gasteiger partial charge in [-0.05, 0) is 50.2 Å². The second-order valence-corrected chi connectivity index (χ2v) is 6.89. The first-order valence-electron chi connectivity index (χ1n) is 6.49. The third-order valence-electron chi connectivity index (χ3n) is 3.33. The lowest BCUT2D eigenvalue weighted by molar-refractivity contribution is 0.159. The average Bonchev–Trinajstić information content (AvgIpc) is 3.14. The smallest absolute Gasteiger partial charge is 0.170 e. The van der Waals surface area contributed by atoms with Gasteiger partial charge in [-0.15, -0.1) is 0 Å². The molecule has 4 nitrogen and oxygen atoms in total. The molecule has 0 amide bonds. The van der Waals surface area contributed by atoms with Gasteiger partial charge in [0.2, 0.25) is 0 Å². The number of hydrogen-bond acceptors (Lipinski definition) is 6. The zero-order chi connectivity index (χ0) is 13.0. The van der Waals surface area contributed by atoms with Crippen molar-refractivity contribution in [1.82, 2.24) is 14.7 Å². The van der Waals surface area contributed by atoms with Crippen LogP contribution in [0.25, 0.3) is 0 Å². The number of hydrogen-bond donors (Lipinski definition) is 2. The Balaban J connectivity index is 1.95. The molecule has 1 fully saturated rings. The summed E-state index contributed by atoms with van der Waals surface area (Å²) >= 11 is 3.16. The first-order valence-corrected chi connectivity index (χ1v) is 8.25. The van der Waals surface area contributed by atoms with Crippen LogP contribution in [0.3, 0.4) is 0 Å². The van der Waals surface area contributed by atoms with Gasteiger partial charge in [-0.25, -0.2) is 4.98 Å². The Bertz CT molecular complexity index is 381. The van der Waals surface area contributed by atoms with E-state index in [1.807, 2.05) is 6.92 Å². The molecule has 2 rings (SSSR count). The van der Waals surface area contributed by atoms with Gasteiger partial charge < -0.3 is 10.4 Å². The predicted octanol–water partition coefficient (Wildman–Crippen LogP) is 2.08. The van der Waals surface area contributed by atoms with E-state index in [4.69, 9.17) is 0 Å². The van der Waals surface area contributed by atoms with Gasteiger partial charge in [0.05, 0.1) is 12.1 Å². The fraction of sp³-hybridized carbons (Fsp3) is 0.833. The summed E-state index contributed by atoms with van der Waals surface area (Å²) in [4.78, 5) is 4.37. The van der Waals surface area contributed by atoms with Crippen molar-refractivity contribution in [1.29, 1.82) is 0 Å². The Kier molecular flexibility index (Phi) is 5.00. The normalized spacial score (nSPS) is 18.8. The van der Waals surface area contributed by atoms with Crippen molar-refractivity contribution in [2.75, 3.05) is 18.9 Å². The molecule has 18 heavy (non-hydrogen) atoms. The highest BCUT2D eigenvalue weighted by Gasteiger charge is 2.44. The third-order valence-corrected chi connectivity index (χ3v) is 5.51. The van der Waals surface area contributed by atoms with E-state index in [9.17, 15) is 5.11 Å². The third kappa shape index (κ3) is 3.44. The van der Waals surface area contributed by atoms with Crippen molar-refractivity contribution in [3.63, 3.8) is 0 Å². The highest BCUT2D eigenvalue weighted by Crippen LogP contribution is 2.42. The summed E-state index contributed by atoms with van der Waals surface area (Å²) in [7, 11) is 0. The van der Waals surface area contributed by atoms with E-state index in [2.05, 4.69) is 21.6 Å². The van der Waals surface area contributed by atoms with Crippen LogP contribution in [0.5, 0.6) is 0 Å². The van der Waals surface area contributed by atoms with Gasteiger partial charge in [0.1, 0.15) is 5.82 Å². The molecule has 1 aliphatic rings. The number of aryl methyl sites for hydroxylation is 1. The lowest BCUT2D eigenvalue weighted by Gasteiger charge is -2.33. The van der Waals surface area contributed by atoms with Crippen LogP contribution in [-0.2, 0) is 0 Å². The molecule has 1 unspecified atom stereocenters. The van der Waals surface area contributed by atoms with Crippen molar-refractivity contribution in [2.45, 2.75) is 43.0 Å². The van der Waals surface area contributed by atoms with E-state index >= 15 is 0 Å². The summed E-state index contributed by atoms with van der Waals surface area (Å²) in [6.07, 6.45) is 3.55. The van der Waals surface area contributed by atoms with Gasteiger partial charge in [-0.3, -0.25) is 0 Å². The average molecular weight is 287 g/mol. The van der Waals surface area contributed by atoms with E-state index in [0.29, 0.717) is 5.92 Å². The minimum Gasteiger partial charge on any atom is -0.394 e. The minimum absolute atomic E-state index is 0.125. The monoisotopic (exact) mass is 287 g/mol. The van der Waals surface area contributed by atoms with Crippen molar-refractivity contribution in [2.24, 2.45) is 5.92 Å². The van der Waals surface area contributed by atoms with Gasteiger partial charge in [0.15, 0.2) is 4.34 Å². The van der Waals surface area contributed by atoms with Gasteiger partial charge in [-0.1, -0.05) is 18.7 Å². The molecule has 1 heterocycles. The molecule has 1 saturated carbocycles. The molecule has 102 valence electrons. The van der Waals surface area contributed by atoms with Crippen LogP contribution in [0.4, 0.5) is 0 Å². The van der Waals surface area contributed by atoms with Crippen LogP contribution in [0.2, 0.25) is 0 Å². The second-order valence-electron chi connectivity index (χ2n) is 4.91. The summed E-state index contributed by atoms with van der Waals surface area (Å²) in [5.41, 5.74) is -0.125. The quantitative estimate of drug-likeness (QED) is 0.717. The zero-order valence-electron chi connectivity index (χ0n) is 11.0. The molecule has 0 spiro atoms. The zero-order valence-corrected chi connectivity index (χ0v) is 12.6. The van der Waals surface area contributed by atoms with Crippen LogP contribution in [0.15, 0.2) is 4.34 Å². The van der Waals surface area contributed by atoms with E-state index in [-0.39, 0.29) is 12.1 Å². The SMILES string of the molecule is CCCNC(CO)(CSc1nc(C)ns1)C1CC1. The molecule has 0 aliphatic heterocycles. The van der Waals surface area contributed by atoms with Gasteiger partial charge in [-0.2, -0.15) is 4.37 Å². The Morgan fingerprint density at radius 1 is 1.56 bits per heavy atom. The molecule has 1 aromatic heterocycles. The molecule has 2 N–H and O–H groups in total. The van der Waals surface area contributed by atoms with Crippen LogP contribution >= 0.6 is 23.3 Å². The van der Waals surface area contributed by atoms with Crippen LogP contribution in [0, 0.1) is 12.8 Å². The lowest BCUT2D eigenvalue weighted by atomic mass is 9.96. The summed E-state index contributed by atoms with van der Waals surface area (Å²) in [5.74, 6) is 2.34. The Hall–Kier alpha value is -0.170. The minimum atomic E-state index is -0.125. The summed E-state index contributed by atoms with van der Waals surface area (Å²) in [6.45, 7) is 5.24. The fourth-order valence-corrected chi connectivity index (χ4v) is 4.01. The molecule has 0 aromatic carbocycles. The Morgan fingerprint density at radius 3 is 2.83 bits per heavy atom. The van der Waals surface area contributed by atoms with Crippen LogP contribution < -0.4 is 5.32 Å². The van der Waals surface area contributed by atoms with E-state index < -0.39 is 0 Å². The highest BCUT2D eigenvalue weighted by atomic mass is 32.2. The molecule has 1 aromatic rings. The van der Waals surface area contributed by atoms with Crippen LogP contribution in [0.1, 0.15) is 32.0 Å². The fourth-order valence-electron chi connectivity index (χ4n) is 2.08. The molecule has 0 radical (unpaired) electrons. The van der Waals surface area contributed by atoms with Crippen molar-refractivity contribution in [3.05, 3.63) is 5.82 Å². The summed E-state index contributed by atoms with van der Waals surface area (Å²) < 4.78 is 5.20. The van der Waals surface area contributed by atoms with Crippen molar-refractivity contribution >= 4 is 23.3 Å². The van der Waals surface area contributed by atoms with E-state index in [1.54, 1.807) is 11.8 Å². The molecular formula is C12H21N3OS2. The molecule has 6 heteroatoms. The Labute approximate surface area is 117 Å². The first kappa shape index (κ1) is 14.2. The van der Waals surface area contributed by atoms with Crippen molar-refractivity contribution < 1.29 is 5.11 Å². The number of aliphatic hydroxyl groups is 1. The highest BCUT2D eigenvalue weighted by molar-refractivity contribution is 8.01. The van der Waals surface area contributed by atoms with E-state index in [1.165, 1.54) is 24.4 Å². The maximum Gasteiger partial charge on any atom is 0.170 e. The van der Waals surface area contributed by atoms with Gasteiger partial charge in [0, 0.05) is 5.75 Å². The van der Waals surface area contributed by atoms with Crippen LogP contribution in [-0.4, -0.2) is 38.9 Å². The van der Waals surface area contributed by atoms with Crippen molar-refractivity contribution in [3.8, 4) is 0 Å². The predicted molar refractivity (Wildman–Crippen MR) is 76.2 cm³/mol. The maximum absolute atomic E-state index is 9.79. The summed E-state index contributed by atoms with van der Waals surface area (Å²) in [6, 6.07) is 0. The molecular weight excluding hydrogens is 266 g/mol. The molecule has 1 aliphatic carbocycles.